The molecule has 0 bridgehead atoms. The van der Waals surface area contributed by atoms with Gasteiger partial charge in [0.15, 0.2) is 5.75 Å². The molecule has 0 fully saturated rings. The molecule has 3 rings (SSSR count). The third-order valence-electron chi connectivity index (χ3n) is 3.18. The van der Waals surface area contributed by atoms with E-state index in [1.807, 2.05) is 48.5 Å². The highest BCUT2D eigenvalue weighted by Gasteiger charge is 2.14. The van der Waals surface area contributed by atoms with Gasteiger partial charge in [-0.25, -0.2) is 0 Å². The summed E-state index contributed by atoms with van der Waals surface area (Å²) >= 11 is 0. The van der Waals surface area contributed by atoms with E-state index < -0.39 is 0 Å². The van der Waals surface area contributed by atoms with E-state index in [4.69, 9.17) is 9.57 Å². The van der Waals surface area contributed by atoms with Crippen molar-refractivity contribution in [2.75, 3.05) is 25.1 Å². The molecule has 102 valence electrons. The van der Waals surface area contributed by atoms with Gasteiger partial charge < -0.3 is 14.5 Å². The number of para-hydroxylation sites is 1. The molecule has 0 saturated carbocycles. The summed E-state index contributed by atoms with van der Waals surface area (Å²) in [5, 5.41) is 3.99. The summed E-state index contributed by atoms with van der Waals surface area (Å²) < 4.78 is 5.65. The quantitative estimate of drug-likeness (QED) is 0.634. The lowest BCUT2D eigenvalue weighted by Crippen LogP contribution is -2.28. The second-order valence-corrected chi connectivity index (χ2v) is 4.64. The van der Waals surface area contributed by atoms with Crippen LogP contribution in [0.1, 0.15) is 5.56 Å². The molecule has 0 saturated heterocycles. The van der Waals surface area contributed by atoms with Gasteiger partial charge in [-0.3, -0.25) is 0 Å². The van der Waals surface area contributed by atoms with Gasteiger partial charge in [-0.05, 0) is 29.8 Å². The highest BCUT2D eigenvalue weighted by molar-refractivity contribution is 5.82. The molecule has 0 spiro atoms. The average molecular weight is 268 g/mol. The summed E-state index contributed by atoms with van der Waals surface area (Å²) in [5.74, 6) is 1.61. The van der Waals surface area contributed by atoms with Crippen molar-refractivity contribution in [2.24, 2.45) is 5.16 Å². The third kappa shape index (κ3) is 2.74. The minimum atomic E-state index is 0.713. The van der Waals surface area contributed by atoms with Crippen LogP contribution < -0.4 is 14.5 Å². The lowest BCUT2D eigenvalue weighted by molar-refractivity contribution is 0.311. The number of fused-ring (bicyclic) bond motifs is 1. The zero-order valence-corrected chi connectivity index (χ0v) is 11.3. The highest BCUT2D eigenvalue weighted by atomic mass is 16.6. The summed E-state index contributed by atoms with van der Waals surface area (Å²) in [5.41, 5.74) is 2.06. The molecule has 0 radical (unpaired) electrons. The molecule has 2 aromatic carbocycles. The maximum absolute atomic E-state index is 5.65. The van der Waals surface area contributed by atoms with Gasteiger partial charge in [0.2, 0.25) is 0 Å². The molecule has 4 nitrogen and oxygen atoms in total. The Kier molecular flexibility index (Phi) is 3.54. The Bertz CT molecular complexity index is 611. The number of benzene rings is 2. The van der Waals surface area contributed by atoms with Gasteiger partial charge in [0.1, 0.15) is 12.4 Å². The van der Waals surface area contributed by atoms with E-state index in [-0.39, 0.29) is 0 Å². The van der Waals surface area contributed by atoms with Gasteiger partial charge in [0, 0.05) is 7.05 Å². The van der Waals surface area contributed by atoms with E-state index in [0.717, 1.165) is 29.3 Å². The predicted molar refractivity (Wildman–Crippen MR) is 79.9 cm³/mol. The molecule has 0 unspecified atom stereocenters. The van der Waals surface area contributed by atoms with Crippen molar-refractivity contribution >= 4 is 11.9 Å². The summed E-state index contributed by atoms with van der Waals surface area (Å²) in [7, 11) is 2.06. The normalized spacial score (nSPS) is 13.9. The summed E-state index contributed by atoms with van der Waals surface area (Å²) in [6, 6.07) is 15.5. The molecule has 0 aliphatic carbocycles. The molecular weight excluding hydrogens is 252 g/mol. The molecule has 0 amide bonds. The van der Waals surface area contributed by atoms with Gasteiger partial charge in [-0.1, -0.05) is 29.4 Å². The first kappa shape index (κ1) is 12.5. The van der Waals surface area contributed by atoms with Crippen LogP contribution in [0.25, 0.3) is 0 Å². The van der Waals surface area contributed by atoms with Crippen LogP contribution in [0.5, 0.6) is 11.5 Å². The Hall–Kier alpha value is -2.49. The van der Waals surface area contributed by atoms with Crippen molar-refractivity contribution in [2.45, 2.75) is 0 Å². The number of hydrogen-bond donors (Lipinski definition) is 0. The Labute approximate surface area is 118 Å². The molecule has 20 heavy (non-hydrogen) atoms. The summed E-state index contributed by atoms with van der Waals surface area (Å²) in [4.78, 5) is 7.47. The van der Waals surface area contributed by atoms with Gasteiger partial charge in [0.05, 0.1) is 18.4 Å². The molecule has 0 atom stereocenters. The molecule has 1 heterocycles. The van der Waals surface area contributed by atoms with E-state index >= 15 is 0 Å². The average Bonchev–Trinajstić information content (AvgIpc) is 2.48. The van der Waals surface area contributed by atoms with E-state index in [0.29, 0.717) is 6.61 Å². The highest BCUT2D eigenvalue weighted by Crippen LogP contribution is 2.30. The number of anilines is 1. The second-order valence-electron chi connectivity index (χ2n) is 4.64. The Morgan fingerprint density at radius 2 is 2.05 bits per heavy atom. The smallest absolute Gasteiger partial charge is 0.157 e. The fourth-order valence-corrected chi connectivity index (χ4v) is 2.08. The molecule has 1 aliphatic rings. The zero-order chi connectivity index (χ0) is 13.8. The minimum absolute atomic E-state index is 0.713. The maximum Gasteiger partial charge on any atom is 0.157 e. The van der Waals surface area contributed by atoms with Gasteiger partial charge in [0.25, 0.3) is 0 Å². The largest absolute Gasteiger partial charge is 0.490 e. The number of rotatable bonds is 3. The van der Waals surface area contributed by atoms with Crippen LogP contribution in [-0.2, 0) is 0 Å². The van der Waals surface area contributed by atoms with Crippen molar-refractivity contribution < 1.29 is 9.57 Å². The lowest BCUT2D eigenvalue weighted by atomic mass is 10.1. The van der Waals surface area contributed by atoms with Gasteiger partial charge >= 0.3 is 0 Å². The van der Waals surface area contributed by atoms with Crippen LogP contribution in [0.15, 0.2) is 53.7 Å². The van der Waals surface area contributed by atoms with E-state index in [9.17, 15) is 0 Å². The topological polar surface area (TPSA) is 34.1 Å². The molecule has 1 aliphatic heterocycles. The van der Waals surface area contributed by atoms with Gasteiger partial charge in [-0.15, -0.1) is 0 Å². The van der Waals surface area contributed by atoms with Crippen LogP contribution in [0.2, 0.25) is 0 Å². The summed E-state index contributed by atoms with van der Waals surface area (Å²) in [6.07, 6.45) is 1.69. The Morgan fingerprint density at radius 3 is 2.90 bits per heavy atom. The first-order valence-corrected chi connectivity index (χ1v) is 6.56. The fourth-order valence-electron chi connectivity index (χ4n) is 2.08. The van der Waals surface area contributed by atoms with Crippen LogP contribution in [-0.4, -0.2) is 26.4 Å². The number of nitrogens with zero attached hydrogens (tertiary/aromatic N) is 2. The van der Waals surface area contributed by atoms with Crippen LogP contribution >= 0.6 is 0 Å². The van der Waals surface area contributed by atoms with Gasteiger partial charge in [-0.2, -0.15) is 0 Å². The Morgan fingerprint density at radius 1 is 1.20 bits per heavy atom. The second kappa shape index (κ2) is 5.65. The molecular formula is C16H16N2O2. The van der Waals surface area contributed by atoms with Crippen LogP contribution in [0.3, 0.4) is 0 Å². The molecule has 0 N–H and O–H groups in total. The molecule has 4 heteroatoms. The molecule has 0 aromatic heterocycles. The van der Waals surface area contributed by atoms with Crippen molar-refractivity contribution in [1.82, 2.24) is 0 Å². The predicted octanol–water partition coefficient (Wildman–Crippen LogP) is 2.93. The fraction of sp³-hybridized carbons (Fsp3) is 0.188. The Balaban J connectivity index is 1.72. The van der Waals surface area contributed by atoms with Crippen molar-refractivity contribution in [1.29, 1.82) is 0 Å². The minimum Gasteiger partial charge on any atom is -0.490 e. The zero-order valence-electron chi connectivity index (χ0n) is 11.3. The number of hydrogen-bond acceptors (Lipinski definition) is 4. The van der Waals surface area contributed by atoms with Crippen molar-refractivity contribution in [3.63, 3.8) is 0 Å². The van der Waals surface area contributed by atoms with Crippen molar-refractivity contribution in [3.05, 3.63) is 54.1 Å². The number of likely N-dealkylation sites (N-methyl/N-ethyl adjacent to an activating group) is 1. The molecule has 2 aromatic rings. The number of ether oxygens (including phenoxy) is 1. The van der Waals surface area contributed by atoms with E-state index in [1.54, 1.807) is 6.21 Å². The first-order chi connectivity index (χ1) is 9.83. The first-order valence-electron chi connectivity index (χ1n) is 6.56. The van der Waals surface area contributed by atoms with Crippen LogP contribution in [0, 0.1) is 0 Å². The van der Waals surface area contributed by atoms with Crippen molar-refractivity contribution in [3.8, 4) is 11.5 Å². The summed E-state index contributed by atoms with van der Waals surface area (Å²) in [6.45, 7) is 1.63. The monoisotopic (exact) mass is 268 g/mol. The third-order valence-corrected chi connectivity index (χ3v) is 3.18. The van der Waals surface area contributed by atoms with Crippen LogP contribution in [0.4, 0.5) is 5.69 Å². The number of oxime groups is 1. The lowest BCUT2D eigenvalue weighted by Gasteiger charge is -2.27. The van der Waals surface area contributed by atoms with E-state index in [2.05, 4.69) is 17.1 Å². The SMILES string of the molecule is CN1CCOc2cc(C=NOc3ccccc3)ccc21. The standard InChI is InChI=1S/C16H16N2O2/c1-18-9-10-19-16-11-13(7-8-15(16)18)12-17-20-14-5-3-2-4-6-14/h2-8,11-12H,9-10H2,1H3. The maximum atomic E-state index is 5.65. The van der Waals surface area contributed by atoms with E-state index in [1.165, 1.54) is 0 Å².